The van der Waals surface area contributed by atoms with E-state index in [-0.39, 0.29) is 17.6 Å². The van der Waals surface area contributed by atoms with Crippen LogP contribution in [0.3, 0.4) is 0 Å². The minimum Gasteiger partial charge on any atom is -0.325 e. The van der Waals surface area contributed by atoms with E-state index in [1.54, 1.807) is 0 Å². The smallest absolute Gasteiger partial charge is 0.258 e. The van der Waals surface area contributed by atoms with Crippen LogP contribution < -0.4 is 10.6 Å². The predicted molar refractivity (Wildman–Crippen MR) is 128 cm³/mol. The maximum atomic E-state index is 13.0. The van der Waals surface area contributed by atoms with Crippen LogP contribution in [0.1, 0.15) is 39.7 Å². The van der Waals surface area contributed by atoms with Crippen molar-refractivity contribution in [1.82, 2.24) is 4.98 Å². The summed E-state index contributed by atoms with van der Waals surface area (Å²) in [5.41, 5.74) is 5.91. The molecule has 2 aromatic carbocycles. The van der Waals surface area contributed by atoms with E-state index in [0.717, 1.165) is 34.6 Å². The van der Waals surface area contributed by atoms with Crippen molar-refractivity contribution in [3.63, 3.8) is 0 Å². The molecule has 5 nitrogen and oxygen atoms in total. The van der Waals surface area contributed by atoms with Crippen LogP contribution in [0, 0.1) is 20.8 Å². The van der Waals surface area contributed by atoms with Crippen molar-refractivity contribution in [3.8, 4) is 0 Å². The average Bonchev–Trinajstić information content (AvgIpc) is 2.72. The van der Waals surface area contributed by atoms with Crippen molar-refractivity contribution in [1.29, 1.82) is 0 Å². The Balaban J connectivity index is 1.72. The third-order valence-corrected chi connectivity index (χ3v) is 5.78. The van der Waals surface area contributed by atoms with E-state index in [2.05, 4.69) is 22.5 Å². The Morgan fingerprint density at radius 2 is 1.68 bits per heavy atom. The molecule has 2 amide bonds. The van der Waals surface area contributed by atoms with Gasteiger partial charge in [0.05, 0.1) is 11.3 Å². The Morgan fingerprint density at radius 3 is 2.35 bits per heavy atom. The molecule has 1 heterocycles. The second kappa shape index (κ2) is 10.3. The molecule has 6 heteroatoms. The SMILES string of the molecule is CCc1ccc(NC(=O)CSc2nc(C)cc(C)c2C(=O)Nc2cccc(C)c2)cc1. The maximum Gasteiger partial charge on any atom is 0.258 e. The molecule has 0 atom stereocenters. The summed E-state index contributed by atoms with van der Waals surface area (Å²) in [7, 11) is 0. The Labute approximate surface area is 187 Å². The van der Waals surface area contributed by atoms with Crippen LogP contribution in [-0.2, 0) is 11.2 Å². The molecule has 0 aliphatic rings. The lowest BCUT2D eigenvalue weighted by atomic mass is 10.1. The summed E-state index contributed by atoms with van der Waals surface area (Å²) in [6.45, 7) is 7.84. The van der Waals surface area contributed by atoms with Crippen LogP contribution >= 0.6 is 11.8 Å². The number of pyridine rings is 1. The van der Waals surface area contributed by atoms with Gasteiger partial charge in [0.25, 0.3) is 5.91 Å². The number of hydrogen-bond donors (Lipinski definition) is 2. The molecule has 0 spiro atoms. The van der Waals surface area contributed by atoms with Crippen LogP contribution in [0.15, 0.2) is 59.6 Å². The number of thioether (sulfide) groups is 1. The van der Waals surface area contributed by atoms with Crippen LogP contribution in [0.2, 0.25) is 0 Å². The highest BCUT2D eigenvalue weighted by molar-refractivity contribution is 8.00. The summed E-state index contributed by atoms with van der Waals surface area (Å²) in [4.78, 5) is 30.0. The van der Waals surface area contributed by atoms with Crippen molar-refractivity contribution in [2.24, 2.45) is 0 Å². The molecule has 0 saturated heterocycles. The van der Waals surface area contributed by atoms with E-state index < -0.39 is 0 Å². The first-order chi connectivity index (χ1) is 14.9. The van der Waals surface area contributed by atoms with Gasteiger partial charge in [0.15, 0.2) is 0 Å². The molecule has 0 radical (unpaired) electrons. The first kappa shape index (κ1) is 22.6. The number of carbonyl (C=O) groups excluding carboxylic acids is 2. The van der Waals surface area contributed by atoms with Crippen LogP contribution in [0.4, 0.5) is 11.4 Å². The van der Waals surface area contributed by atoms with Crippen molar-refractivity contribution in [2.45, 2.75) is 39.1 Å². The van der Waals surface area contributed by atoms with Gasteiger partial charge in [0.2, 0.25) is 5.91 Å². The number of nitrogens with zero attached hydrogens (tertiary/aromatic N) is 1. The van der Waals surface area contributed by atoms with Gasteiger partial charge in [-0.3, -0.25) is 9.59 Å². The Hall–Kier alpha value is -3.12. The Morgan fingerprint density at radius 1 is 0.935 bits per heavy atom. The van der Waals surface area contributed by atoms with Gasteiger partial charge in [-0.2, -0.15) is 0 Å². The number of amides is 2. The van der Waals surface area contributed by atoms with E-state index >= 15 is 0 Å². The van der Waals surface area contributed by atoms with Gasteiger partial charge in [-0.25, -0.2) is 4.98 Å². The second-order valence-electron chi connectivity index (χ2n) is 7.47. The molecule has 160 valence electrons. The van der Waals surface area contributed by atoms with Crippen molar-refractivity contribution < 1.29 is 9.59 Å². The topological polar surface area (TPSA) is 71.1 Å². The zero-order valence-electron chi connectivity index (χ0n) is 18.3. The quantitative estimate of drug-likeness (QED) is 0.479. The van der Waals surface area contributed by atoms with Crippen molar-refractivity contribution >= 4 is 35.0 Å². The molecule has 0 aliphatic carbocycles. The minimum absolute atomic E-state index is 0.139. The number of benzene rings is 2. The van der Waals surface area contributed by atoms with Crippen LogP contribution in [0.5, 0.6) is 0 Å². The molecule has 0 unspecified atom stereocenters. The molecule has 0 bridgehead atoms. The summed E-state index contributed by atoms with van der Waals surface area (Å²) in [6, 6.07) is 17.3. The van der Waals surface area contributed by atoms with Crippen molar-refractivity contribution in [3.05, 3.63) is 82.5 Å². The lowest BCUT2D eigenvalue weighted by Crippen LogP contribution is -2.18. The molecule has 3 rings (SSSR count). The van der Waals surface area contributed by atoms with Crippen LogP contribution in [0.25, 0.3) is 0 Å². The molecule has 0 saturated carbocycles. The summed E-state index contributed by atoms with van der Waals surface area (Å²) in [5.74, 6) is -0.204. The standard InChI is InChI=1S/C25H27N3O2S/c1-5-19-9-11-20(12-10-19)27-22(29)15-31-25-23(17(3)14-18(4)26-25)24(30)28-21-8-6-7-16(2)13-21/h6-14H,5,15H2,1-4H3,(H,27,29)(H,28,30). The zero-order valence-corrected chi connectivity index (χ0v) is 19.1. The number of carbonyl (C=O) groups is 2. The van der Waals surface area contributed by atoms with Gasteiger partial charge in [-0.1, -0.05) is 43.0 Å². The zero-order chi connectivity index (χ0) is 22.4. The third kappa shape index (κ3) is 6.18. The van der Waals surface area contributed by atoms with E-state index in [1.165, 1.54) is 17.3 Å². The molecule has 31 heavy (non-hydrogen) atoms. The van der Waals surface area contributed by atoms with Gasteiger partial charge in [-0.05, 0) is 74.2 Å². The van der Waals surface area contributed by atoms with Gasteiger partial charge < -0.3 is 10.6 Å². The lowest BCUT2D eigenvalue weighted by molar-refractivity contribution is -0.113. The van der Waals surface area contributed by atoms with E-state index in [0.29, 0.717) is 10.6 Å². The molecule has 1 aromatic heterocycles. The summed E-state index contributed by atoms with van der Waals surface area (Å²) >= 11 is 1.27. The molecule has 2 N–H and O–H groups in total. The monoisotopic (exact) mass is 433 g/mol. The highest BCUT2D eigenvalue weighted by atomic mass is 32.2. The van der Waals surface area contributed by atoms with Gasteiger partial charge >= 0.3 is 0 Å². The first-order valence-corrected chi connectivity index (χ1v) is 11.2. The third-order valence-electron chi connectivity index (χ3n) is 4.80. The maximum absolute atomic E-state index is 13.0. The molecular formula is C25H27N3O2S. The predicted octanol–water partition coefficient (Wildman–Crippen LogP) is 5.55. The van der Waals surface area contributed by atoms with Gasteiger partial charge in [-0.15, -0.1) is 0 Å². The fourth-order valence-corrected chi connectivity index (χ4v) is 4.20. The lowest BCUT2D eigenvalue weighted by Gasteiger charge is -2.13. The molecule has 0 fully saturated rings. The summed E-state index contributed by atoms with van der Waals surface area (Å²) < 4.78 is 0. The summed E-state index contributed by atoms with van der Waals surface area (Å²) in [6.07, 6.45) is 0.954. The first-order valence-electron chi connectivity index (χ1n) is 10.2. The fourth-order valence-electron chi connectivity index (χ4n) is 3.25. The van der Waals surface area contributed by atoms with E-state index in [9.17, 15) is 9.59 Å². The Kier molecular flexibility index (Phi) is 7.47. The van der Waals surface area contributed by atoms with Gasteiger partial charge in [0.1, 0.15) is 5.03 Å². The number of anilines is 2. The Bertz CT molecular complexity index is 1090. The largest absolute Gasteiger partial charge is 0.325 e. The van der Waals surface area contributed by atoms with Gasteiger partial charge in [0, 0.05) is 17.1 Å². The minimum atomic E-state index is -0.228. The normalized spacial score (nSPS) is 10.6. The fraction of sp³-hybridized carbons (Fsp3) is 0.240. The molecule has 0 aliphatic heterocycles. The van der Waals surface area contributed by atoms with Crippen molar-refractivity contribution in [2.75, 3.05) is 16.4 Å². The number of nitrogens with one attached hydrogen (secondary N) is 2. The number of rotatable bonds is 7. The highest BCUT2D eigenvalue weighted by Crippen LogP contribution is 2.26. The highest BCUT2D eigenvalue weighted by Gasteiger charge is 2.18. The van der Waals surface area contributed by atoms with E-state index in [4.69, 9.17) is 0 Å². The second-order valence-corrected chi connectivity index (χ2v) is 8.44. The average molecular weight is 434 g/mol. The van der Waals surface area contributed by atoms with Crippen LogP contribution in [-0.4, -0.2) is 22.6 Å². The number of aryl methyl sites for hydroxylation is 4. The number of hydrogen-bond acceptors (Lipinski definition) is 4. The number of aromatic nitrogens is 1. The summed E-state index contributed by atoms with van der Waals surface area (Å²) in [5, 5.41) is 6.40. The van der Waals surface area contributed by atoms with E-state index in [1.807, 2.05) is 75.4 Å². The molecule has 3 aromatic rings. The molecular weight excluding hydrogens is 406 g/mol.